The van der Waals surface area contributed by atoms with Crippen LogP contribution in [-0.2, 0) is 22.6 Å². The van der Waals surface area contributed by atoms with Gasteiger partial charge in [0.15, 0.2) is 5.11 Å². The van der Waals surface area contributed by atoms with Crippen molar-refractivity contribution in [3.05, 3.63) is 96.1 Å². The summed E-state index contributed by atoms with van der Waals surface area (Å²) in [6.45, 7) is 0.942. The summed E-state index contributed by atoms with van der Waals surface area (Å²) in [5, 5.41) is 3.34. The average Bonchev–Trinajstić information content (AvgIpc) is 3.08. The number of nitrogens with zero attached hydrogens (tertiary/aromatic N) is 2. The number of ether oxygens (including phenoxy) is 1. The monoisotopic (exact) mass is 473 g/mol. The molecule has 0 aliphatic carbocycles. The van der Waals surface area contributed by atoms with E-state index in [2.05, 4.69) is 5.32 Å². The second kappa shape index (κ2) is 10.9. The van der Waals surface area contributed by atoms with E-state index in [1.54, 1.807) is 36.3 Å². The van der Waals surface area contributed by atoms with Gasteiger partial charge >= 0.3 is 0 Å². The minimum atomic E-state index is -0.651. The van der Waals surface area contributed by atoms with Gasteiger partial charge in [0.1, 0.15) is 11.8 Å². The van der Waals surface area contributed by atoms with Crippen molar-refractivity contribution in [2.24, 2.45) is 0 Å². The topological polar surface area (TPSA) is 61.9 Å². The Balaban J connectivity index is 1.49. The lowest BCUT2D eigenvalue weighted by Gasteiger charge is -2.24. The molecule has 3 aromatic rings. The smallest absolute Gasteiger partial charge is 0.252 e. The van der Waals surface area contributed by atoms with E-state index in [0.29, 0.717) is 36.1 Å². The molecule has 1 aliphatic rings. The molecule has 1 saturated heterocycles. The van der Waals surface area contributed by atoms with Crippen LogP contribution in [0.5, 0.6) is 5.75 Å². The standard InChI is InChI=1S/C27H27N3O3S/c1-33-23-14-12-22(13-15-23)28-25(31)18-24-26(32)29(17-16-20-8-4-2-5-9-20)27(34)30(24)19-21-10-6-3-7-11-21/h2-15,24H,16-19H2,1H3,(H,28,31). The molecular weight excluding hydrogens is 446 g/mol. The van der Waals surface area contributed by atoms with Crippen molar-refractivity contribution in [1.29, 1.82) is 0 Å². The Hall–Kier alpha value is -3.71. The average molecular weight is 474 g/mol. The van der Waals surface area contributed by atoms with Gasteiger partial charge in [-0.15, -0.1) is 0 Å². The van der Waals surface area contributed by atoms with Gasteiger partial charge in [-0.05, 0) is 54.0 Å². The van der Waals surface area contributed by atoms with Gasteiger partial charge in [-0.1, -0.05) is 60.7 Å². The zero-order valence-corrected chi connectivity index (χ0v) is 19.8. The lowest BCUT2D eigenvalue weighted by Crippen LogP contribution is -2.37. The molecule has 0 spiro atoms. The first-order valence-electron chi connectivity index (χ1n) is 11.2. The molecule has 1 N–H and O–H groups in total. The van der Waals surface area contributed by atoms with Gasteiger partial charge in [-0.3, -0.25) is 14.5 Å². The fourth-order valence-corrected chi connectivity index (χ4v) is 4.38. The molecular formula is C27H27N3O3S. The Morgan fingerprint density at radius 1 is 0.941 bits per heavy atom. The molecule has 0 aromatic heterocycles. The van der Waals surface area contributed by atoms with Crippen LogP contribution in [0.4, 0.5) is 5.69 Å². The maximum absolute atomic E-state index is 13.4. The largest absolute Gasteiger partial charge is 0.497 e. The number of benzene rings is 3. The van der Waals surface area contributed by atoms with Gasteiger partial charge < -0.3 is 15.0 Å². The van der Waals surface area contributed by atoms with Crippen molar-refractivity contribution in [2.75, 3.05) is 19.0 Å². The van der Waals surface area contributed by atoms with Crippen molar-refractivity contribution >= 4 is 34.8 Å². The zero-order valence-electron chi connectivity index (χ0n) is 19.0. The number of carbonyl (C=O) groups excluding carboxylic acids is 2. The normalized spacial score (nSPS) is 15.5. The Morgan fingerprint density at radius 3 is 2.18 bits per heavy atom. The van der Waals surface area contributed by atoms with Crippen molar-refractivity contribution in [1.82, 2.24) is 9.80 Å². The van der Waals surface area contributed by atoms with Crippen LogP contribution in [-0.4, -0.2) is 46.4 Å². The quantitative estimate of drug-likeness (QED) is 0.471. The minimum Gasteiger partial charge on any atom is -0.497 e. The highest BCUT2D eigenvalue weighted by Crippen LogP contribution is 2.25. The number of nitrogens with one attached hydrogen (secondary N) is 1. The number of hydrogen-bond donors (Lipinski definition) is 1. The van der Waals surface area contributed by atoms with Gasteiger partial charge in [0.25, 0.3) is 5.91 Å². The van der Waals surface area contributed by atoms with Crippen molar-refractivity contribution in [2.45, 2.75) is 25.4 Å². The maximum Gasteiger partial charge on any atom is 0.252 e. The lowest BCUT2D eigenvalue weighted by atomic mass is 10.1. The molecule has 1 heterocycles. The summed E-state index contributed by atoms with van der Waals surface area (Å²) < 4.78 is 5.16. The summed E-state index contributed by atoms with van der Waals surface area (Å²) in [7, 11) is 1.59. The predicted octanol–water partition coefficient (Wildman–Crippen LogP) is 4.26. The van der Waals surface area contributed by atoms with Gasteiger partial charge in [0, 0.05) is 18.8 Å². The summed E-state index contributed by atoms with van der Waals surface area (Å²) in [5.74, 6) is 0.327. The van der Waals surface area contributed by atoms with E-state index in [1.807, 2.05) is 65.6 Å². The first-order chi connectivity index (χ1) is 16.5. The molecule has 1 fully saturated rings. The zero-order chi connectivity index (χ0) is 23.9. The summed E-state index contributed by atoms with van der Waals surface area (Å²) in [6.07, 6.45) is 0.705. The van der Waals surface area contributed by atoms with Crippen LogP contribution in [0.1, 0.15) is 17.5 Å². The molecule has 0 radical (unpaired) electrons. The number of hydrogen-bond acceptors (Lipinski definition) is 4. The molecule has 6 nitrogen and oxygen atoms in total. The van der Waals surface area contributed by atoms with Crippen LogP contribution >= 0.6 is 12.2 Å². The van der Waals surface area contributed by atoms with E-state index in [-0.39, 0.29) is 18.2 Å². The third-order valence-electron chi connectivity index (χ3n) is 5.82. The lowest BCUT2D eigenvalue weighted by molar-refractivity contribution is -0.130. The third-order valence-corrected chi connectivity index (χ3v) is 6.27. The molecule has 0 bridgehead atoms. The second-order valence-corrected chi connectivity index (χ2v) is 8.48. The van der Waals surface area contributed by atoms with E-state index in [1.165, 1.54) is 0 Å². The van der Waals surface area contributed by atoms with Crippen LogP contribution < -0.4 is 10.1 Å². The number of rotatable bonds is 9. The van der Waals surface area contributed by atoms with Gasteiger partial charge in [0.05, 0.1) is 13.5 Å². The van der Waals surface area contributed by atoms with Crippen molar-refractivity contribution < 1.29 is 14.3 Å². The Kier molecular flexibility index (Phi) is 7.54. The van der Waals surface area contributed by atoms with Gasteiger partial charge in [-0.2, -0.15) is 0 Å². The Labute approximate surface area is 205 Å². The molecule has 2 amide bonds. The molecule has 4 rings (SSSR count). The maximum atomic E-state index is 13.4. The van der Waals surface area contributed by atoms with E-state index >= 15 is 0 Å². The first-order valence-corrected chi connectivity index (χ1v) is 11.6. The van der Waals surface area contributed by atoms with Crippen LogP contribution in [0.2, 0.25) is 0 Å². The first kappa shape index (κ1) is 23.4. The van der Waals surface area contributed by atoms with Gasteiger partial charge in [-0.25, -0.2) is 0 Å². The number of anilines is 1. The van der Waals surface area contributed by atoms with Crippen molar-refractivity contribution in [3.63, 3.8) is 0 Å². The number of carbonyl (C=O) groups is 2. The third kappa shape index (κ3) is 5.61. The summed E-state index contributed by atoms with van der Waals surface area (Å²) in [4.78, 5) is 29.8. The minimum absolute atomic E-state index is 0.0136. The van der Waals surface area contributed by atoms with Crippen LogP contribution in [0.15, 0.2) is 84.9 Å². The van der Waals surface area contributed by atoms with E-state index in [0.717, 1.165) is 11.1 Å². The molecule has 1 atom stereocenters. The Morgan fingerprint density at radius 2 is 1.56 bits per heavy atom. The highest BCUT2D eigenvalue weighted by atomic mass is 32.1. The van der Waals surface area contributed by atoms with E-state index in [9.17, 15) is 9.59 Å². The number of thiocarbonyl (C=S) groups is 1. The van der Waals surface area contributed by atoms with Crippen molar-refractivity contribution in [3.8, 4) is 5.75 Å². The van der Waals surface area contributed by atoms with Gasteiger partial charge in [0.2, 0.25) is 5.91 Å². The SMILES string of the molecule is COc1ccc(NC(=O)CC2C(=O)N(CCc3ccccc3)C(=S)N2Cc2ccccc2)cc1. The Bertz CT molecular complexity index is 1140. The van der Waals surface area contributed by atoms with Crippen LogP contribution in [0, 0.1) is 0 Å². The molecule has 1 aliphatic heterocycles. The molecule has 34 heavy (non-hydrogen) atoms. The molecule has 174 valence electrons. The van der Waals surface area contributed by atoms with E-state index < -0.39 is 6.04 Å². The molecule has 1 unspecified atom stereocenters. The molecule has 3 aromatic carbocycles. The highest BCUT2D eigenvalue weighted by Gasteiger charge is 2.43. The number of methoxy groups -OCH3 is 1. The summed E-state index contributed by atoms with van der Waals surface area (Å²) >= 11 is 5.73. The predicted molar refractivity (Wildman–Crippen MR) is 136 cm³/mol. The van der Waals surface area contributed by atoms with E-state index in [4.69, 9.17) is 17.0 Å². The van der Waals surface area contributed by atoms with Crippen LogP contribution in [0.3, 0.4) is 0 Å². The molecule has 7 heteroatoms. The second-order valence-electron chi connectivity index (χ2n) is 8.12. The van der Waals surface area contributed by atoms with Crippen LogP contribution in [0.25, 0.3) is 0 Å². The highest BCUT2D eigenvalue weighted by molar-refractivity contribution is 7.80. The number of amides is 2. The summed E-state index contributed by atoms with van der Waals surface area (Å²) in [5.41, 5.74) is 2.81. The fraction of sp³-hybridized carbons (Fsp3) is 0.222. The molecule has 0 saturated carbocycles. The summed E-state index contributed by atoms with van der Waals surface area (Å²) in [6, 6.07) is 26.3. The fourth-order valence-electron chi connectivity index (χ4n) is 4.00.